The van der Waals surface area contributed by atoms with Crippen LogP contribution in [0.4, 0.5) is 5.69 Å². The van der Waals surface area contributed by atoms with Crippen molar-refractivity contribution in [2.24, 2.45) is 23.7 Å². The maximum atomic E-state index is 13.7. The van der Waals surface area contributed by atoms with Crippen LogP contribution in [0, 0.1) is 33.8 Å². The molecule has 0 unspecified atom stereocenters. The number of hydrogen-bond donors (Lipinski definition) is 0. The van der Waals surface area contributed by atoms with E-state index in [-0.39, 0.29) is 38.3 Å². The van der Waals surface area contributed by atoms with Crippen LogP contribution in [0.15, 0.2) is 48.5 Å². The van der Waals surface area contributed by atoms with Crippen molar-refractivity contribution in [3.05, 3.63) is 69.8 Å². The highest BCUT2D eigenvalue weighted by atomic mass is 79.9. The number of carbonyl (C=O) groups is 4. The fourth-order valence-corrected chi connectivity index (χ4v) is 7.60. The predicted octanol–water partition coefficient (Wildman–Crippen LogP) is 3.62. The number of methoxy groups -OCH3 is 1. The first-order valence-corrected chi connectivity index (χ1v) is 13.4. The summed E-state index contributed by atoms with van der Waals surface area (Å²) in [6.45, 7) is -0.615. The number of ether oxygens (including phenoxy) is 1. The molecule has 1 heterocycles. The summed E-state index contributed by atoms with van der Waals surface area (Å²) in [6.07, 6.45) is 0.702. The van der Waals surface area contributed by atoms with Crippen LogP contribution in [0.5, 0.6) is 5.75 Å². The molecule has 0 spiro atoms. The molecule has 6 atom stereocenters. The Hall–Kier alpha value is -3.12. The first-order valence-electron chi connectivity index (χ1n) is 11.5. The first kappa shape index (κ1) is 25.5. The quantitative estimate of drug-likeness (QED) is 0.150. The lowest BCUT2D eigenvalue weighted by Crippen LogP contribution is -2.52. The molecule has 3 aliphatic rings. The van der Waals surface area contributed by atoms with E-state index in [0.717, 1.165) is 16.1 Å². The molecule has 192 valence electrons. The second kappa shape index (κ2) is 9.64. The summed E-state index contributed by atoms with van der Waals surface area (Å²) < 4.78 is 5.17. The smallest absolute Gasteiger partial charge is 0.273 e. The van der Waals surface area contributed by atoms with Crippen molar-refractivity contribution in [3.8, 4) is 5.75 Å². The van der Waals surface area contributed by atoms with E-state index in [4.69, 9.17) is 4.74 Å². The number of rotatable bonds is 7. The van der Waals surface area contributed by atoms with Gasteiger partial charge in [0.25, 0.3) is 23.4 Å². The summed E-state index contributed by atoms with van der Waals surface area (Å²) in [5.41, 5.74) is -0.232. The number of carbonyl (C=O) groups excluding carboxylic acids is 4. The number of ketones is 1. The Bertz CT molecular complexity index is 1300. The number of halogens is 2. The van der Waals surface area contributed by atoms with Gasteiger partial charge >= 0.3 is 0 Å². The lowest BCUT2D eigenvalue weighted by atomic mass is 9.81. The summed E-state index contributed by atoms with van der Waals surface area (Å²) in [4.78, 5) is 64.9. The van der Waals surface area contributed by atoms with Gasteiger partial charge in [0, 0.05) is 32.9 Å². The third-order valence-corrected chi connectivity index (χ3v) is 10.6. The molecule has 0 aromatic heterocycles. The van der Waals surface area contributed by atoms with E-state index < -0.39 is 46.8 Å². The number of alkyl halides is 2. The van der Waals surface area contributed by atoms with Crippen molar-refractivity contribution in [3.63, 3.8) is 0 Å². The zero-order valence-corrected chi connectivity index (χ0v) is 22.6. The number of non-ortho nitro benzene ring substituents is 1. The maximum absolute atomic E-state index is 13.7. The predicted molar refractivity (Wildman–Crippen MR) is 137 cm³/mol. The Morgan fingerprint density at radius 1 is 1.03 bits per heavy atom. The number of hydrogen-bond acceptors (Lipinski definition) is 7. The van der Waals surface area contributed by atoms with Gasteiger partial charge in [-0.25, -0.2) is 5.01 Å². The van der Waals surface area contributed by atoms with Gasteiger partial charge in [0.05, 0.1) is 23.9 Å². The van der Waals surface area contributed by atoms with Crippen LogP contribution < -0.4 is 4.74 Å². The number of nitro benzene ring substituents is 1. The van der Waals surface area contributed by atoms with Gasteiger partial charge in [0.2, 0.25) is 0 Å². The largest absolute Gasteiger partial charge is 0.497 e. The molecule has 1 aliphatic heterocycles. The summed E-state index contributed by atoms with van der Waals surface area (Å²) >= 11 is 7.27. The van der Waals surface area contributed by atoms with E-state index in [0.29, 0.717) is 12.2 Å². The zero-order chi connectivity index (χ0) is 26.6. The Kier molecular flexibility index (Phi) is 6.65. The van der Waals surface area contributed by atoms with Crippen LogP contribution >= 0.6 is 31.9 Å². The van der Waals surface area contributed by atoms with Gasteiger partial charge in [-0.2, -0.15) is 5.01 Å². The normalized spacial score (nSPS) is 27.8. The van der Waals surface area contributed by atoms with Gasteiger partial charge in [-0.3, -0.25) is 29.3 Å². The van der Waals surface area contributed by atoms with Gasteiger partial charge in [0.15, 0.2) is 5.78 Å². The molecular formula is C25H21Br2N3O7. The molecule has 2 aromatic carbocycles. The molecule has 1 saturated heterocycles. The van der Waals surface area contributed by atoms with Gasteiger partial charge in [-0.1, -0.05) is 50.1 Å². The van der Waals surface area contributed by atoms with Gasteiger partial charge in [0.1, 0.15) is 12.3 Å². The first-order chi connectivity index (χ1) is 17.6. The fourth-order valence-electron chi connectivity index (χ4n) is 5.73. The van der Waals surface area contributed by atoms with E-state index in [2.05, 4.69) is 31.9 Å². The molecule has 3 amide bonds. The molecule has 37 heavy (non-hydrogen) atoms. The van der Waals surface area contributed by atoms with E-state index in [1.807, 2.05) is 0 Å². The van der Waals surface area contributed by atoms with E-state index in [1.54, 1.807) is 12.1 Å². The Morgan fingerprint density at radius 3 is 2.22 bits per heavy atom. The van der Waals surface area contributed by atoms with Crippen LogP contribution in [0.3, 0.4) is 0 Å². The highest BCUT2D eigenvalue weighted by Gasteiger charge is 2.67. The third kappa shape index (κ3) is 4.15. The minimum absolute atomic E-state index is 0.00482. The third-order valence-electron chi connectivity index (χ3n) is 7.43. The molecule has 2 saturated carbocycles. The van der Waals surface area contributed by atoms with Crippen LogP contribution in [0.25, 0.3) is 0 Å². The lowest BCUT2D eigenvalue weighted by molar-refractivity contribution is -0.384. The number of nitrogens with zero attached hydrogens (tertiary/aromatic N) is 3. The summed E-state index contributed by atoms with van der Waals surface area (Å²) in [5, 5.41) is 12.9. The Balaban J connectivity index is 1.53. The van der Waals surface area contributed by atoms with Crippen molar-refractivity contribution in [2.45, 2.75) is 16.1 Å². The minimum atomic E-state index is -0.861. The Labute approximate surface area is 228 Å². The number of amides is 3. The van der Waals surface area contributed by atoms with Gasteiger partial charge < -0.3 is 4.74 Å². The number of hydrazine groups is 1. The van der Waals surface area contributed by atoms with E-state index >= 15 is 0 Å². The summed E-state index contributed by atoms with van der Waals surface area (Å²) in [6, 6.07) is 11.3. The van der Waals surface area contributed by atoms with Gasteiger partial charge in [-0.05, 0) is 36.5 Å². The molecule has 2 aromatic rings. The number of imide groups is 1. The molecule has 10 nitrogen and oxygen atoms in total. The average Bonchev–Trinajstić information content (AvgIpc) is 3.51. The Morgan fingerprint density at radius 2 is 1.62 bits per heavy atom. The monoisotopic (exact) mass is 633 g/mol. The van der Waals surface area contributed by atoms with Crippen LogP contribution in [0.2, 0.25) is 0 Å². The second-order valence-electron chi connectivity index (χ2n) is 9.32. The zero-order valence-electron chi connectivity index (χ0n) is 19.5. The SMILES string of the molecule is COc1cccc(C(=O)CN(C(=O)c2cccc([N+](=O)[O-])c2)N2C(=O)[C@@H]3[C@H]4C[C@@H]([C@H](Br)[C@@H]4Br)[C@@H]3C2=O)c1. The molecule has 12 heteroatoms. The van der Waals surface area contributed by atoms with Crippen LogP contribution in [-0.2, 0) is 9.59 Å². The van der Waals surface area contributed by atoms with E-state index in [1.165, 1.54) is 37.4 Å². The molecule has 5 rings (SSSR count). The van der Waals surface area contributed by atoms with E-state index in [9.17, 15) is 29.3 Å². The summed E-state index contributed by atoms with van der Waals surface area (Å²) in [7, 11) is 1.45. The number of Topliss-reactive ketones (excluding diaryl/α,β-unsaturated/α-hetero) is 1. The van der Waals surface area contributed by atoms with Crippen molar-refractivity contribution >= 4 is 61.1 Å². The van der Waals surface area contributed by atoms with Crippen molar-refractivity contribution in [1.29, 1.82) is 0 Å². The van der Waals surface area contributed by atoms with Gasteiger partial charge in [-0.15, -0.1) is 0 Å². The fraction of sp³-hybridized carbons (Fsp3) is 0.360. The minimum Gasteiger partial charge on any atom is -0.497 e. The molecular weight excluding hydrogens is 614 g/mol. The standard InChI is InChI=1S/C25H21Br2N3O7/c1-37-15-7-3-4-12(9-15)18(31)11-28(23(32)13-5-2-6-14(8-13)30(35)36)29-24(33)19-16-10-17(20(19)25(29)34)22(27)21(16)26/h2-9,16-17,19-22H,10-11H2,1H3/t16-,17-,19-,20+,21-,22+/m1/s1. The number of benzene rings is 2. The number of nitro groups is 1. The highest BCUT2D eigenvalue weighted by Crippen LogP contribution is 2.60. The molecule has 0 radical (unpaired) electrons. The second-order valence-corrected chi connectivity index (χ2v) is 11.4. The molecule has 3 fully saturated rings. The topological polar surface area (TPSA) is 127 Å². The van der Waals surface area contributed by atoms with Crippen molar-refractivity contribution < 1.29 is 28.8 Å². The van der Waals surface area contributed by atoms with Crippen molar-refractivity contribution in [1.82, 2.24) is 10.0 Å². The lowest BCUT2D eigenvalue weighted by Gasteiger charge is -2.30. The molecule has 2 bridgehead atoms. The average molecular weight is 635 g/mol. The summed E-state index contributed by atoms with van der Waals surface area (Å²) in [5.74, 6) is -3.45. The van der Waals surface area contributed by atoms with Crippen LogP contribution in [-0.4, -0.2) is 61.8 Å². The maximum Gasteiger partial charge on any atom is 0.273 e. The molecule has 0 N–H and O–H groups in total. The van der Waals surface area contributed by atoms with Crippen LogP contribution in [0.1, 0.15) is 27.1 Å². The molecule has 2 aliphatic carbocycles. The number of fused-ring (bicyclic) bond motifs is 5. The van der Waals surface area contributed by atoms with Crippen molar-refractivity contribution in [2.75, 3.05) is 13.7 Å². The highest BCUT2D eigenvalue weighted by molar-refractivity contribution is 9.12.